The fourth-order valence-corrected chi connectivity index (χ4v) is 4.77. The van der Waals surface area contributed by atoms with E-state index in [1.807, 2.05) is 0 Å². The lowest BCUT2D eigenvalue weighted by atomic mass is 9.91. The van der Waals surface area contributed by atoms with Gasteiger partial charge in [-0.05, 0) is 58.8 Å². The average molecular weight is 332 g/mol. The second kappa shape index (κ2) is 9.12. The largest absolute Gasteiger partial charge is 0.301 e. The Kier molecular flexibility index (Phi) is 6.88. The Morgan fingerprint density at radius 3 is 1.42 bits per heavy atom. The number of piperidine rings is 1. The topological polar surface area (TPSA) is 36.8 Å². The second-order valence-corrected chi connectivity index (χ2v) is 8.33. The van der Waals surface area contributed by atoms with Crippen molar-refractivity contribution in [2.75, 3.05) is 0 Å². The molecule has 3 fully saturated rings. The Hall–Kier alpha value is -0.700. The summed E-state index contributed by atoms with van der Waals surface area (Å²) in [5.41, 5.74) is 2.69. The van der Waals surface area contributed by atoms with Gasteiger partial charge in [0, 0.05) is 35.6 Å². The highest BCUT2D eigenvalue weighted by Gasteiger charge is 2.26. The molecule has 0 bridgehead atoms. The first kappa shape index (κ1) is 18.1. The highest BCUT2D eigenvalue weighted by molar-refractivity contribution is 5.91. The molecule has 3 aliphatic rings. The van der Waals surface area contributed by atoms with Crippen molar-refractivity contribution in [2.24, 2.45) is 9.98 Å². The molecule has 2 saturated carbocycles. The third-order valence-electron chi connectivity index (χ3n) is 6.32. The van der Waals surface area contributed by atoms with Gasteiger partial charge in [-0.15, -0.1) is 0 Å². The van der Waals surface area contributed by atoms with Gasteiger partial charge in [0.1, 0.15) is 0 Å². The first-order valence-electron chi connectivity index (χ1n) is 10.6. The van der Waals surface area contributed by atoms with Crippen LogP contribution in [-0.2, 0) is 0 Å². The normalized spacial score (nSPS) is 32.1. The molecule has 0 aromatic carbocycles. The lowest BCUT2D eigenvalue weighted by molar-refractivity contribution is 0.410. The van der Waals surface area contributed by atoms with Crippen molar-refractivity contribution in [3.05, 3.63) is 0 Å². The van der Waals surface area contributed by atoms with Crippen LogP contribution in [0.15, 0.2) is 9.98 Å². The van der Waals surface area contributed by atoms with Crippen molar-refractivity contribution in [1.82, 2.24) is 5.32 Å². The predicted octanol–water partition coefficient (Wildman–Crippen LogP) is 5.08. The van der Waals surface area contributed by atoms with Gasteiger partial charge in [0.15, 0.2) is 0 Å². The number of rotatable bonds is 4. The molecule has 0 spiro atoms. The second-order valence-electron chi connectivity index (χ2n) is 8.33. The lowest BCUT2D eigenvalue weighted by Gasteiger charge is -2.32. The molecule has 3 heteroatoms. The number of nitrogens with zero attached hydrogens (tertiary/aromatic N) is 2. The average Bonchev–Trinajstić information content (AvgIpc) is 2.63. The van der Waals surface area contributed by atoms with Gasteiger partial charge in [-0.2, -0.15) is 0 Å². The summed E-state index contributed by atoms with van der Waals surface area (Å²) >= 11 is 0. The van der Waals surface area contributed by atoms with Crippen molar-refractivity contribution < 1.29 is 0 Å². The number of hydrogen-bond donors (Lipinski definition) is 1. The van der Waals surface area contributed by atoms with Crippen LogP contribution in [0.3, 0.4) is 0 Å². The van der Waals surface area contributed by atoms with Gasteiger partial charge in [-0.3, -0.25) is 9.98 Å². The zero-order chi connectivity index (χ0) is 16.8. The van der Waals surface area contributed by atoms with E-state index in [-0.39, 0.29) is 0 Å². The summed E-state index contributed by atoms with van der Waals surface area (Å²) in [4.78, 5) is 10.2. The van der Waals surface area contributed by atoms with E-state index in [0.717, 1.165) is 0 Å². The van der Waals surface area contributed by atoms with E-state index in [4.69, 9.17) is 9.98 Å². The van der Waals surface area contributed by atoms with Crippen molar-refractivity contribution in [1.29, 1.82) is 0 Å². The maximum Gasteiger partial charge on any atom is 0.0499 e. The van der Waals surface area contributed by atoms with Crippen LogP contribution in [0.25, 0.3) is 0 Å². The Morgan fingerprint density at radius 2 is 1.00 bits per heavy atom. The molecule has 2 aliphatic carbocycles. The van der Waals surface area contributed by atoms with Crippen molar-refractivity contribution in [2.45, 2.75) is 121 Å². The Labute approximate surface area is 148 Å². The molecule has 3 nitrogen and oxygen atoms in total. The van der Waals surface area contributed by atoms with E-state index >= 15 is 0 Å². The summed E-state index contributed by atoms with van der Waals surface area (Å²) in [6.45, 7) is 4.50. The van der Waals surface area contributed by atoms with Gasteiger partial charge in [0.2, 0.25) is 0 Å². The summed E-state index contributed by atoms with van der Waals surface area (Å²) in [7, 11) is 0. The highest BCUT2D eigenvalue weighted by atomic mass is 15.0. The smallest absolute Gasteiger partial charge is 0.0499 e. The molecule has 1 aliphatic heterocycles. The zero-order valence-corrected chi connectivity index (χ0v) is 15.9. The van der Waals surface area contributed by atoms with Crippen LogP contribution in [0.4, 0.5) is 0 Å². The Morgan fingerprint density at radius 1 is 0.583 bits per heavy atom. The third-order valence-corrected chi connectivity index (χ3v) is 6.32. The molecule has 2 unspecified atom stereocenters. The van der Waals surface area contributed by atoms with Gasteiger partial charge in [0.05, 0.1) is 0 Å². The molecule has 2 atom stereocenters. The van der Waals surface area contributed by atoms with Crippen LogP contribution in [0.1, 0.15) is 97.3 Å². The molecule has 0 amide bonds. The van der Waals surface area contributed by atoms with Crippen molar-refractivity contribution in [3.63, 3.8) is 0 Å². The number of nitrogens with one attached hydrogen (secondary N) is 1. The minimum absolute atomic E-state index is 0.474. The lowest BCUT2D eigenvalue weighted by Crippen LogP contribution is -2.49. The fourth-order valence-electron chi connectivity index (χ4n) is 4.77. The van der Waals surface area contributed by atoms with Gasteiger partial charge >= 0.3 is 0 Å². The van der Waals surface area contributed by atoms with Gasteiger partial charge in [0.25, 0.3) is 0 Å². The van der Waals surface area contributed by atoms with Crippen LogP contribution in [0.5, 0.6) is 0 Å². The molecule has 0 aromatic rings. The monoisotopic (exact) mass is 331 g/mol. The van der Waals surface area contributed by atoms with Crippen molar-refractivity contribution in [3.8, 4) is 0 Å². The van der Waals surface area contributed by atoms with E-state index in [1.165, 1.54) is 94.9 Å². The predicted molar refractivity (Wildman–Crippen MR) is 105 cm³/mol. The summed E-state index contributed by atoms with van der Waals surface area (Å²) < 4.78 is 0. The Balaban J connectivity index is 1.56. The number of aliphatic imine (C=N–C) groups is 2. The third kappa shape index (κ3) is 5.15. The molecule has 24 heavy (non-hydrogen) atoms. The number of hydrogen-bond acceptors (Lipinski definition) is 3. The maximum atomic E-state index is 5.08. The van der Waals surface area contributed by atoms with Crippen LogP contribution >= 0.6 is 0 Å². The molecular formula is C21H37N3. The minimum atomic E-state index is 0.474. The Bertz CT molecular complexity index is 402. The summed E-state index contributed by atoms with van der Waals surface area (Å²) in [5.74, 6) is 0. The van der Waals surface area contributed by atoms with Crippen LogP contribution < -0.4 is 5.32 Å². The SMILES string of the molecule is CC(=NC1CCCCC1)C1CCCC(C(C)=NC2CCCCC2)N1. The first-order chi connectivity index (χ1) is 11.7. The zero-order valence-electron chi connectivity index (χ0n) is 15.9. The maximum absolute atomic E-state index is 5.08. The standard InChI is InChI=1S/C21H37N3/c1-16(22-18-10-5-3-6-11-18)20-14-9-15-21(24-20)17(2)23-19-12-7-4-8-13-19/h18-21,24H,3-15H2,1-2H3. The van der Waals surface area contributed by atoms with E-state index in [1.54, 1.807) is 0 Å². The van der Waals surface area contributed by atoms with E-state index in [0.29, 0.717) is 24.2 Å². The van der Waals surface area contributed by atoms with Crippen LogP contribution in [0, 0.1) is 0 Å². The molecular weight excluding hydrogens is 294 g/mol. The van der Waals surface area contributed by atoms with E-state index < -0.39 is 0 Å². The first-order valence-corrected chi connectivity index (χ1v) is 10.6. The molecule has 1 saturated heterocycles. The van der Waals surface area contributed by atoms with Gasteiger partial charge in [-0.1, -0.05) is 38.5 Å². The van der Waals surface area contributed by atoms with Crippen molar-refractivity contribution >= 4 is 11.4 Å². The van der Waals surface area contributed by atoms with Gasteiger partial charge < -0.3 is 5.32 Å². The van der Waals surface area contributed by atoms with E-state index in [2.05, 4.69) is 19.2 Å². The molecule has 0 aromatic heterocycles. The minimum Gasteiger partial charge on any atom is -0.301 e. The summed E-state index contributed by atoms with van der Waals surface area (Å²) in [6, 6.07) is 2.14. The molecule has 1 N–H and O–H groups in total. The molecule has 0 radical (unpaired) electrons. The molecule has 136 valence electrons. The highest BCUT2D eigenvalue weighted by Crippen LogP contribution is 2.24. The van der Waals surface area contributed by atoms with Crippen LogP contribution in [-0.4, -0.2) is 35.6 Å². The quantitative estimate of drug-likeness (QED) is 0.716. The summed E-state index contributed by atoms with van der Waals surface area (Å²) in [6.07, 6.45) is 17.3. The molecule has 3 rings (SSSR count). The van der Waals surface area contributed by atoms with E-state index in [9.17, 15) is 0 Å². The van der Waals surface area contributed by atoms with Gasteiger partial charge in [-0.25, -0.2) is 0 Å². The summed E-state index contributed by atoms with van der Waals surface area (Å²) in [5, 5.41) is 3.87. The molecule has 1 heterocycles. The fraction of sp³-hybridized carbons (Fsp3) is 0.905. The van der Waals surface area contributed by atoms with Crippen LogP contribution in [0.2, 0.25) is 0 Å².